The van der Waals surface area contributed by atoms with Gasteiger partial charge in [0.15, 0.2) is 0 Å². The van der Waals surface area contributed by atoms with Crippen LogP contribution in [-0.4, -0.2) is 32.1 Å². The van der Waals surface area contributed by atoms with Crippen LogP contribution in [-0.2, 0) is 11.2 Å². The van der Waals surface area contributed by atoms with Crippen molar-refractivity contribution < 1.29 is 9.53 Å². The molecule has 0 radical (unpaired) electrons. The first-order valence-electron chi connectivity index (χ1n) is 7.82. The van der Waals surface area contributed by atoms with Crippen LogP contribution < -0.4 is 15.4 Å². The Morgan fingerprint density at radius 2 is 2.00 bits per heavy atom. The second-order valence-corrected chi connectivity index (χ2v) is 5.79. The van der Waals surface area contributed by atoms with E-state index in [1.165, 1.54) is 5.56 Å². The van der Waals surface area contributed by atoms with Gasteiger partial charge in [-0.05, 0) is 62.9 Å². The van der Waals surface area contributed by atoms with Crippen LogP contribution in [0.3, 0.4) is 0 Å². The van der Waals surface area contributed by atoms with Crippen molar-refractivity contribution in [2.75, 3.05) is 20.2 Å². The van der Waals surface area contributed by atoms with Crippen molar-refractivity contribution in [3.8, 4) is 5.75 Å². The lowest BCUT2D eigenvalue weighted by molar-refractivity contribution is -0.122. The zero-order valence-electron chi connectivity index (χ0n) is 13.0. The molecule has 2 N–H and O–H groups in total. The standard InChI is InChI=1S/C17H26N2O2/c1-13(15-9-11-18-12-10-15)19-17(20)8-5-14-3-6-16(21-2)7-4-14/h3-4,6-7,13,15,18H,5,8-12H2,1-2H3,(H,19,20). The number of methoxy groups -OCH3 is 1. The highest BCUT2D eigenvalue weighted by atomic mass is 16.5. The van der Waals surface area contributed by atoms with Gasteiger partial charge in [-0.1, -0.05) is 12.1 Å². The Kier molecular flexibility index (Phi) is 6.05. The van der Waals surface area contributed by atoms with Gasteiger partial charge in [-0.15, -0.1) is 0 Å². The lowest BCUT2D eigenvalue weighted by Crippen LogP contribution is -2.42. The molecule has 0 aromatic heterocycles. The molecule has 1 heterocycles. The molecule has 1 amide bonds. The van der Waals surface area contributed by atoms with Crippen LogP contribution in [0.25, 0.3) is 0 Å². The summed E-state index contributed by atoms with van der Waals surface area (Å²) < 4.78 is 5.13. The molecule has 21 heavy (non-hydrogen) atoms. The minimum atomic E-state index is 0.150. The number of ether oxygens (including phenoxy) is 1. The summed E-state index contributed by atoms with van der Waals surface area (Å²) >= 11 is 0. The van der Waals surface area contributed by atoms with E-state index in [1.54, 1.807) is 7.11 Å². The molecule has 0 bridgehead atoms. The Bertz CT molecular complexity index is 439. The number of aryl methyl sites for hydroxylation is 1. The highest BCUT2D eigenvalue weighted by Crippen LogP contribution is 2.16. The highest BCUT2D eigenvalue weighted by Gasteiger charge is 2.20. The Hall–Kier alpha value is -1.55. The first-order chi connectivity index (χ1) is 10.2. The van der Waals surface area contributed by atoms with Crippen LogP contribution in [0.5, 0.6) is 5.75 Å². The van der Waals surface area contributed by atoms with E-state index in [1.807, 2.05) is 24.3 Å². The zero-order chi connectivity index (χ0) is 15.1. The van der Waals surface area contributed by atoms with Crippen LogP contribution in [0.1, 0.15) is 31.7 Å². The van der Waals surface area contributed by atoms with Gasteiger partial charge in [0.1, 0.15) is 5.75 Å². The summed E-state index contributed by atoms with van der Waals surface area (Å²) in [4.78, 5) is 12.0. The molecule has 1 aliphatic heterocycles. The number of amides is 1. The number of piperidine rings is 1. The molecule has 4 nitrogen and oxygen atoms in total. The summed E-state index contributed by atoms with van der Waals surface area (Å²) in [6, 6.07) is 8.18. The first-order valence-corrected chi connectivity index (χ1v) is 7.82. The third kappa shape index (κ3) is 5.05. The maximum atomic E-state index is 12.0. The minimum absolute atomic E-state index is 0.150. The van der Waals surface area contributed by atoms with E-state index in [-0.39, 0.29) is 11.9 Å². The minimum Gasteiger partial charge on any atom is -0.497 e. The van der Waals surface area contributed by atoms with E-state index in [0.29, 0.717) is 12.3 Å². The third-order valence-corrected chi connectivity index (χ3v) is 4.28. The number of rotatable bonds is 6. The van der Waals surface area contributed by atoms with E-state index < -0.39 is 0 Å². The lowest BCUT2D eigenvalue weighted by atomic mass is 9.91. The maximum absolute atomic E-state index is 12.0. The number of hydrogen-bond acceptors (Lipinski definition) is 3. The molecule has 1 aromatic carbocycles. The second-order valence-electron chi connectivity index (χ2n) is 5.79. The SMILES string of the molecule is COc1ccc(CCC(=O)NC(C)C2CCNCC2)cc1. The van der Waals surface area contributed by atoms with Crippen LogP contribution in [0, 0.1) is 5.92 Å². The average Bonchev–Trinajstić information content (AvgIpc) is 2.54. The maximum Gasteiger partial charge on any atom is 0.220 e. The molecule has 116 valence electrons. The summed E-state index contributed by atoms with van der Waals surface area (Å²) in [6.45, 7) is 4.26. The van der Waals surface area contributed by atoms with Gasteiger partial charge in [0.2, 0.25) is 5.91 Å². The second kappa shape index (κ2) is 8.03. The Balaban J connectivity index is 1.73. The predicted molar refractivity (Wildman–Crippen MR) is 84.5 cm³/mol. The highest BCUT2D eigenvalue weighted by molar-refractivity contribution is 5.76. The lowest BCUT2D eigenvalue weighted by Gasteiger charge is -2.28. The molecule has 0 aliphatic carbocycles. The van der Waals surface area contributed by atoms with E-state index >= 15 is 0 Å². The van der Waals surface area contributed by atoms with E-state index in [9.17, 15) is 4.79 Å². The topological polar surface area (TPSA) is 50.4 Å². The van der Waals surface area contributed by atoms with E-state index in [0.717, 1.165) is 38.1 Å². The first kappa shape index (κ1) is 15.8. The van der Waals surface area contributed by atoms with Crippen LogP contribution in [0.4, 0.5) is 0 Å². The van der Waals surface area contributed by atoms with Crippen LogP contribution >= 0.6 is 0 Å². The van der Waals surface area contributed by atoms with Gasteiger partial charge in [0.25, 0.3) is 0 Å². The van der Waals surface area contributed by atoms with Crippen molar-refractivity contribution in [2.24, 2.45) is 5.92 Å². The smallest absolute Gasteiger partial charge is 0.220 e. The predicted octanol–water partition coefficient (Wildman–Crippen LogP) is 2.13. The van der Waals surface area contributed by atoms with Crippen LogP contribution in [0.2, 0.25) is 0 Å². The number of nitrogens with one attached hydrogen (secondary N) is 2. The van der Waals surface area contributed by atoms with Gasteiger partial charge in [0.05, 0.1) is 7.11 Å². The summed E-state index contributed by atoms with van der Waals surface area (Å²) in [5, 5.41) is 6.51. The van der Waals surface area contributed by atoms with Gasteiger partial charge in [-0.25, -0.2) is 0 Å². The molecular formula is C17H26N2O2. The summed E-state index contributed by atoms with van der Waals surface area (Å²) in [6.07, 6.45) is 3.62. The average molecular weight is 290 g/mol. The van der Waals surface area contributed by atoms with E-state index in [4.69, 9.17) is 4.74 Å². The number of hydrogen-bond donors (Lipinski definition) is 2. The molecule has 4 heteroatoms. The van der Waals surface area contributed by atoms with Crippen molar-refractivity contribution in [2.45, 2.75) is 38.6 Å². The molecule has 1 fully saturated rings. The monoisotopic (exact) mass is 290 g/mol. The van der Waals surface area contributed by atoms with Gasteiger partial charge >= 0.3 is 0 Å². The zero-order valence-corrected chi connectivity index (χ0v) is 13.0. The van der Waals surface area contributed by atoms with Gasteiger partial charge < -0.3 is 15.4 Å². The Morgan fingerprint density at radius 3 is 2.62 bits per heavy atom. The molecule has 1 saturated heterocycles. The fourth-order valence-electron chi connectivity index (χ4n) is 2.84. The summed E-state index contributed by atoms with van der Waals surface area (Å²) in [5.74, 6) is 1.61. The Morgan fingerprint density at radius 1 is 1.33 bits per heavy atom. The molecular weight excluding hydrogens is 264 g/mol. The number of carbonyl (C=O) groups excluding carboxylic acids is 1. The fourth-order valence-corrected chi connectivity index (χ4v) is 2.84. The van der Waals surface area contributed by atoms with Gasteiger partial charge in [-0.2, -0.15) is 0 Å². The van der Waals surface area contributed by atoms with Gasteiger partial charge in [-0.3, -0.25) is 4.79 Å². The Labute approximate surface area is 127 Å². The summed E-state index contributed by atoms with van der Waals surface area (Å²) in [7, 11) is 1.66. The third-order valence-electron chi connectivity index (χ3n) is 4.28. The quantitative estimate of drug-likeness (QED) is 0.844. The molecule has 1 aromatic rings. The molecule has 0 saturated carbocycles. The molecule has 1 unspecified atom stereocenters. The summed E-state index contributed by atoms with van der Waals surface area (Å²) in [5.41, 5.74) is 1.17. The molecule has 0 spiro atoms. The number of carbonyl (C=O) groups is 1. The van der Waals surface area contributed by atoms with Gasteiger partial charge in [0, 0.05) is 12.5 Å². The number of benzene rings is 1. The van der Waals surface area contributed by atoms with Crippen molar-refractivity contribution in [1.29, 1.82) is 0 Å². The van der Waals surface area contributed by atoms with Crippen molar-refractivity contribution in [3.05, 3.63) is 29.8 Å². The molecule has 1 aliphatic rings. The molecule has 1 atom stereocenters. The normalized spacial score (nSPS) is 17.2. The molecule has 2 rings (SSSR count). The van der Waals surface area contributed by atoms with Crippen molar-refractivity contribution >= 4 is 5.91 Å². The van der Waals surface area contributed by atoms with Crippen LogP contribution in [0.15, 0.2) is 24.3 Å². The van der Waals surface area contributed by atoms with E-state index in [2.05, 4.69) is 17.6 Å². The largest absolute Gasteiger partial charge is 0.497 e. The van der Waals surface area contributed by atoms with Crippen molar-refractivity contribution in [3.63, 3.8) is 0 Å². The fraction of sp³-hybridized carbons (Fsp3) is 0.588. The van der Waals surface area contributed by atoms with Crippen molar-refractivity contribution in [1.82, 2.24) is 10.6 Å².